The van der Waals surface area contributed by atoms with Gasteiger partial charge in [-0.25, -0.2) is 4.79 Å². The van der Waals surface area contributed by atoms with Gasteiger partial charge in [0.25, 0.3) is 0 Å². The molecule has 2 amide bonds. The minimum Gasteiger partial charge on any atom is -0.378 e. The first-order valence-electron chi connectivity index (χ1n) is 7.89. The fraction of sp³-hybridized carbons (Fsp3) is 0.278. The first-order valence-corrected chi connectivity index (χ1v) is 8.26. The summed E-state index contributed by atoms with van der Waals surface area (Å²) in [6.45, 7) is 5.03. The van der Waals surface area contributed by atoms with Gasteiger partial charge in [0, 0.05) is 24.5 Å². The molecule has 2 N–H and O–H groups in total. The normalized spacial score (nSPS) is 14.3. The van der Waals surface area contributed by atoms with Crippen LogP contribution in [0.4, 0.5) is 21.9 Å². The van der Waals surface area contributed by atoms with Crippen molar-refractivity contribution in [1.82, 2.24) is 0 Å². The highest BCUT2D eigenvalue weighted by Gasteiger charge is 2.14. The average Bonchev–Trinajstić information content (AvgIpc) is 2.55. The number of amides is 2. The topological polar surface area (TPSA) is 53.6 Å². The zero-order valence-corrected chi connectivity index (χ0v) is 14.3. The van der Waals surface area contributed by atoms with E-state index in [0.717, 1.165) is 30.0 Å². The Bertz CT molecular complexity index is 730. The van der Waals surface area contributed by atoms with Gasteiger partial charge in [0.15, 0.2) is 0 Å². The molecule has 0 aromatic heterocycles. The van der Waals surface area contributed by atoms with E-state index in [0.29, 0.717) is 23.9 Å². The molecule has 2 aromatic carbocycles. The fourth-order valence-corrected chi connectivity index (χ4v) is 2.96. The van der Waals surface area contributed by atoms with Crippen molar-refractivity contribution in [3.63, 3.8) is 0 Å². The number of rotatable bonds is 3. The first-order chi connectivity index (χ1) is 11.6. The Kier molecular flexibility index (Phi) is 5.23. The van der Waals surface area contributed by atoms with Gasteiger partial charge in [0.2, 0.25) is 0 Å². The van der Waals surface area contributed by atoms with Crippen LogP contribution in [-0.4, -0.2) is 32.3 Å². The van der Waals surface area contributed by atoms with E-state index in [1.807, 2.05) is 43.3 Å². The van der Waals surface area contributed by atoms with Crippen LogP contribution in [0.25, 0.3) is 0 Å². The summed E-state index contributed by atoms with van der Waals surface area (Å²) in [4.78, 5) is 14.3. The number of nitrogens with zero attached hydrogens (tertiary/aromatic N) is 1. The molecule has 6 heteroatoms. The largest absolute Gasteiger partial charge is 0.378 e. The van der Waals surface area contributed by atoms with Crippen LogP contribution in [-0.2, 0) is 4.74 Å². The van der Waals surface area contributed by atoms with Crippen LogP contribution in [0, 0.1) is 6.92 Å². The van der Waals surface area contributed by atoms with Crippen molar-refractivity contribution >= 4 is 34.7 Å². The van der Waals surface area contributed by atoms with Gasteiger partial charge in [-0.15, -0.1) is 0 Å². The number of hydrogen-bond acceptors (Lipinski definition) is 3. The lowest BCUT2D eigenvalue weighted by atomic mass is 10.2. The second-order valence-corrected chi connectivity index (χ2v) is 6.12. The molecule has 1 saturated heterocycles. The number of carbonyl (C=O) groups excluding carboxylic acids is 1. The van der Waals surface area contributed by atoms with E-state index in [1.165, 1.54) is 0 Å². The number of benzene rings is 2. The van der Waals surface area contributed by atoms with E-state index >= 15 is 0 Å². The van der Waals surface area contributed by atoms with Crippen molar-refractivity contribution in [3.8, 4) is 0 Å². The molecule has 2 aromatic rings. The summed E-state index contributed by atoms with van der Waals surface area (Å²) >= 11 is 6.37. The molecule has 0 aliphatic carbocycles. The minimum atomic E-state index is -0.296. The van der Waals surface area contributed by atoms with Gasteiger partial charge in [0.05, 0.1) is 23.9 Å². The quantitative estimate of drug-likeness (QED) is 0.879. The van der Waals surface area contributed by atoms with Gasteiger partial charge in [0.1, 0.15) is 0 Å². The summed E-state index contributed by atoms with van der Waals surface area (Å²) in [5.41, 5.74) is 3.46. The molecule has 126 valence electrons. The Labute approximate surface area is 146 Å². The lowest BCUT2D eigenvalue weighted by Gasteiger charge is -2.29. The summed E-state index contributed by atoms with van der Waals surface area (Å²) in [6.07, 6.45) is 0. The number of anilines is 3. The third-order valence-corrected chi connectivity index (χ3v) is 4.14. The predicted molar refractivity (Wildman–Crippen MR) is 98.3 cm³/mol. The summed E-state index contributed by atoms with van der Waals surface area (Å²) in [5, 5.41) is 6.23. The molecule has 0 spiro atoms. The molecule has 5 nitrogen and oxygen atoms in total. The van der Waals surface area contributed by atoms with Gasteiger partial charge >= 0.3 is 6.03 Å². The molecular weight excluding hydrogens is 326 g/mol. The molecule has 3 rings (SSSR count). The predicted octanol–water partition coefficient (Wildman–Crippen LogP) is 4.13. The maximum Gasteiger partial charge on any atom is 0.323 e. The second-order valence-electron chi connectivity index (χ2n) is 5.71. The summed E-state index contributed by atoms with van der Waals surface area (Å²) in [6, 6.07) is 12.9. The lowest BCUT2D eigenvalue weighted by molar-refractivity contribution is 0.122. The van der Waals surface area contributed by atoms with Gasteiger partial charge in [-0.1, -0.05) is 23.7 Å². The Morgan fingerprint density at radius 3 is 2.46 bits per heavy atom. The van der Waals surface area contributed by atoms with E-state index in [4.69, 9.17) is 16.3 Å². The smallest absolute Gasteiger partial charge is 0.323 e. The van der Waals surface area contributed by atoms with Crippen LogP contribution in [0.15, 0.2) is 42.5 Å². The number of hydrogen-bond donors (Lipinski definition) is 2. The standard InChI is InChI=1S/C18H20ClN3O2/c1-13-3-2-4-14(11-13)20-18(23)21-15-5-6-17(16(19)12-15)22-7-9-24-10-8-22/h2-6,11-12H,7-10H2,1H3,(H2,20,21,23). The number of ether oxygens (including phenoxy) is 1. The summed E-state index contributed by atoms with van der Waals surface area (Å²) in [7, 11) is 0. The Balaban J connectivity index is 1.64. The van der Waals surface area contributed by atoms with Crippen molar-refractivity contribution in [1.29, 1.82) is 0 Å². The fourth-order valence-electron chi connectivity index (χ4n) is 2.66. The van der Waals surface area contributed by atoms with Gasteiger partial charge in [-0.05, 0) is 42.8 Å². The molecule has 0 saturated carbocycles. The monoisotopic (exact) mass is 345 g/mol. The second kappa shape index (κ2) is 7.55. The Morgan fingerprint density at radius 1 is 1.08 bits per heavy atom. The number of nitrogens with one attached hydrogen (secondary N) is 2. The van der Waals surface area contributed by atoms with Crippen LogP contribution in [0.1, 0.15) is 5.56 Å². The molecule has 0 bridgehead atoms. The number of aryl methyl sites for hydroxylation is 1. The van der Waals surface area contributed by atoms with Crippen molar-refractivity contribution in [2.45, 2.75) is 6.92 Å². The van der Waals surface area contributed by atoms with Gasteiger partial charge < -0.3 is 20.3 Å². The van der Waals surface area contributed by atoms with E-state index in [1.54, 1.807) is 6.07 Å². The maximum atomic E-state index is 12.1. The minimum absolute atomic E-state index is 0.296. The van der Waals surface area contributed by atoms with E-state index < -0.39 is 0 Å². The van der Waals surface area contributed by atoms with Crippen molar-refractivity contribution < 1.29 is 9.53 Å². The molecule has 0 radical (unpaired) electrons. The third-order valence-electron chi connectivity index (χ3n) is 3.83. The van der Waals surface area contributed by atoms with Gasteiger partial charge in [-0.2, -0.15) is 0 Å². The molecule has 0 atom stereocenters. The van der Waals surface area contributed by atoms with Crippen LogP contribution in [0.5, 0.6) is 0 Å². The van der Waals surface area contributed by atoms with Crippen molar-refractivity contribution in [2.75, 3.05) is 41.8 Å². The zero-order chi connectivity index (χ0) is 16.9. The number of carbonyl (C=O) groups is 1. The highest BCUT2D eigenvalue weighted by Crippen LogP contribution is 2.29. The van der Waals surface area contributed by atoms with Crippen molar-refractivity contribution in [3.05, 3.63) is 53.1 Å². The van der Waals surface area contributed by atoms with Gasteiger partial charge in [-0.3, -0.25) is 0 Å². The zero-order valence-electron chi connectivity index (χ0n) is 13.5. The molecule has 1 fully saturated rings. The molecule has 0 unspecified atom stereocenters. The first kappa shape index (κ1) is 16.6. The Hall–Kier alpha value is -2.24. The highest BCUT2D eigenvalue weighted by atomic mass is 35.5. The van der Waals surface area contributed by atoms with Crippen LogP contribution < -0.4 is 15.5 Å². The molecule has 1 aliphatic rings. The average molecular weight is 346 g/mol. The summed E-state index contributed by atoms with van der Waals surface area (Å²) < 4.78 is 5.35. The van der Waals surface area contributed by atoms with Crippen LogP contribution in [0.3, 0.4) is 0 Å². The highest BCUT2D eigenvalue weighted by molar-refractivity contribution is 6.33. The van der Waals surface area contributed by atoms with Crippen LogP contribution >= 0.6 is 11.6 Å². The number of morpholine rings is 1. The summed E-state index contributed by atoms with van der Waals surface area (Å²) in [5.74, 6) is 0. The third kappa shape index (κ3) is 4.19. The maximum absolute atomic E-state index is 12.1. The molecular formula is C18H20ClN3O2. The number of urea groups is 1. The lowest BCUT2D eigenvalue weighted by Crippen LogP contribution is -2.36. The molecule has 1 aliphatic heterocycles. The van der Waals surface area contributed by atoms with Crippen LogP contribution in [0.2, 0.25) is 5.02 Å². The van der Waals surface area contributed by atoms with E-state index in [2.05, 4.69) is 15.5 Å². The van der Waals surface area contributed by atoms with E-state index in [-0.39, 0.29) is 6.03 Å². The SMILES string of the molecule is Cc1cccc(NC(=O)Nc2ccc(N3CCOCC3)c(Cl)c2)c1. The molecule has 24 heavy (non-hydrogen) atoms. The van der Waals surface area contributed by atoms with E-state index in [9.17, 15) is 4.79 Å². The van der Waals surface area contributed by atoms with Crippen molar-refractivity contribution in [2.24, 2.45) is 0 Å². The molecule has 1 heterocycles. The number of halogens is 1. The Morgan fingerprint density at radius 2 is 1.79 bits per heavy atom.